The third-order valence-corrected chi connectivity index (χ3v) is 4.62. The first-order valence-corrected chi connectivity index (χ1v) is 7.97. The van der Waals surface area contributed by atoms with Crippen molar-refractivity contribution >= 4 is 5.91 Å². The molecule has 1 saturated heterocycles. The Morgan fingerprint density at radius 1 is 1.33 bits per heavy atom. The number of benzene rings is 1. The molecule has 21 heavy (non-hydrogen) atoms. The van der Waals surface area contributed by atoms with Gasteiger partial charge in [-0.1, -0.05) is 30.3 Å². The first-order valence-electron chi connectivity index (χ1n) is 7.97. The lowest BCUT2D eigenvalue weighted by molar-refractivity contribution is -0.133. The van der Waals surface area contributed by atoms with Crippen LogP contribution < -0.4 is 5.32 Å². The van der Waals surface area contributed by atoms with E-state index in [0.717, 1.165) is 25.9 Å². The topological polar surface area (TPSA) is 52.6 Å². The fourth-order valence-electron chi connectivity index (χ4n) is 3.36. The van der Waals surface area contributed by atoms with Crippen LogP contribution in [0.5, 0.6) is 0 Å². The first-order chi connectivity index (χ1) is 10.3. The number of carbonyl (C=O) groups excluding carboxylic acids is 1. The molecule has 4 nitrogen and oxygen atoms in total. The molecule has 0 radical (unpaired) electrons. The average molecular weight is 288 g/mol. The Kier molecular flexibility index (Phi) is 4.56. The minimum atomic E-state index is 0.0428. The number of hydrogen-bond acceptors (Lipinski definition) is 3. The van der Waals surface area contributed by atoms with E-state index in [1.165, 1.54) is 12.0 Å². The number of nitrogens with one attached hydrogen (secondary N) is 1. The Bertz CT molecular complexity index is 471. The number of carbonyl (C=O) groups is 1. The van der Waals surface area contributed by atoms with Crippen LogP contribution in [0.4, 0.5) is 0 Å². The van der Waals surface area contributed by atoms with Gasteiger partial charge >= 0.3 is 0 Å². The van der Waals surface area contributed by atoms with Gasteiger partial charge < -0.3 is 15.3 Å². The van der Waals surface area contributed by atoms with E-state index in [0.29, 0.717) is 18.5 Å². The summed E-state index contributed by atoms with van der Waals surface area (Å²) < 4.78 is 0. The molecule has 2 aliphatic rings. The SMILES string of the molecule is O=C(C1CC1c1ccccc1)N(CCO)CC1CCCN1. The molecule has 1 aromatic carbocycles. The fourth-order valence-corrected chi connectivity index (χ4v) is 3.36. The first kappa shape index (κ1) is 14.5. The quantitative estimate of drug-likeness (QED) is 0.831. The summed E-state index contributed by atoms with van der Waals surface area (Å²) in [6, 6.07) is 10.7. The standard InChI is InChI=1S/C17H24N2O2/c20-10-9-19(12-14-7-4-8-18-14)17(21)16-11-15(16)13-5-2-1-3-6-13/h1-3,5-6,14-16,18,20H,4,7-12H2. The molecule has 0 spiro atoms. The van der Waals surface area contributed by atoms with Crippen molar-refractivity contribution in [2.45, 2.75) is 31.2 Å². The third kappa shape index (κ3) is 3.44. The predicted molar refractivity (Wildman–Crippen MR) is 82.0 cm³/mol. The Morgan fingerprint density at radius 2 is 2.14 bits per heavy atom. The molecule has 2 N–H and O–H groups in total. The maximum absolute atomic E-state index is 12.7. The second-order valence-corrected chi connectivity index (χ2v) is 6.16. The monoisotopic (exact) mass is 288 g/mol. The lowest BCUT2D eigenvalue weighted by Crippen LogP contribution is -2.43. The highest BCUT2D eigenvalue weighted by atomic mass is 16.3. The summed E-state index contributed by atoms with van der Waals surface area (Å²) in [4.78, 5) is 14.5. The van der Waals surface area contributed by atoms with Gasteiger partial charge in [-0.2, -0.15) is 0 Å². The number of hydrogen-bond donors (Lipinski definition) is 2. The van der Waals surface area contributed by atoms with E-state index in [4.69, 9.17) is 0 Å². The van der Waals surface area contributed by atoms with Crippen LogP contribution in [-0.4, -0.2) is 48.2 Å². The highest BCUT2D eigenvalue weighted by Gasteiger charge is 2.45. The zero-order chi connectivity index (χ0) is 14.7. The van der Waals surface area contributed by atoms with Crippen molar-refractivity contribution in [2.24, 2.45) is 5.92 Å². The molecule has 3 rings (SSSR count). The maximum atomic E-state index is 12.7. The van der Waals surface area contributed by atoms with E-state index in [1.54, 1.807) is 0 Å². The van der Waals surface area contributed by atoms with Crippen molar-refractivity contribution in [3.05, 3.63) is 35.9 Å². The number of rotatable bonds is 6. The van der Waals surface area contributed by atoms with Crippen molar-refractivity contribution in [2.75, 3.05) is 26.2 Å². The Hall–Kier alpha value is -1.39. The van der Waals surface area contributed by atoms with Crippen LogP contribution >= 0.6 is 0 Å². The van der Waals surface area contributed by atoms with Crippen LogP contribution in [0.3, 0.4) is 0 Å². The molecule has 2 fully saturated rings. The minimum absolute atomic E-state index is 0.0428. The maximum Gasteiger partial charge on any atom is 0.226 e. The van der Waals surface area contributed by atoms with Gasteiger partial charge in [0.25, 0.3) is 0 Å². The van der Waals surface area contributed by atoms with E-state index in [2.05, 4.69) is 17.4 Å². The molecule has 1 aromatic rings. The van der Waals surface area contributed by atoms with Gasteiger partial charge in [0.05, 0.1) is 6.61 Å². The lowest BCUT2D eigenvalue weighted by atomic mass is 10.1. The Labute approximate surface area is 126 Å². The molecular formula is C17H24N2O2. The minimum Gasteiger partial charge on any atom is -0.395 e. The summed E-state index contributed by atoms with van der Waals surface area (Å²) in [5, 5.41) is 12.7. The molecule has 1 aliphatic heterocycles. The predicted octanol–water partition coefficient (Wildman–Crippen LogP) is 1.36. The molecule has 3 unspecified atom stereocenters. The summed E-state index contributed by atoms with van der Waals surface area (Å²) in [5.74, 6) is 0.698. The molecule has 1 saturated carbocycles. The normalized spacial score (nSPS) is 27.6. The van der Waals surface area contributed by atoms with Crippen molar-refractivity contribution < 1.29 is 9.90 Å². The molecule has 114 valence electrons. The molecule has 0 aromatic heterocycles. The summed E-state index contributed by atoms with van der Waals surface area (Å²) in [7, 11) is 0. The number of nitrogens with zero attached hydrogens (tertiary/aromatic N) is 1. The molecule has 1 heterocycles. The van der Waals surface area contributed by atoms with E-state index in [9.17, 15) is 9.90 Å². The summed E-state index contributed by atoms with van der Waals surface area (Å²) >= 11 is 0. The van der Waals surface area contributed by atoms with Gasteiger partial charge in [-0.25, -0.2) is 0 Å². The van der Waals surface area contributed by atoms with E-state index in [-0.39, 0.29) is 18.4 Å². The highest BCUT2D eigenvalue weighted by Crippen LogP contribution is 2.48. The van der Waals surface area contributed by atoms with Crippen LogP contribution in [-0.2, 0) is 4.79 Å². The number of amides is 1. The van der Waals surface area contributed by atoms with E-state index < -0.39 is 0 Å². The molecular weight excluding hydrogens is 264 g/mol. The van der Waals surface area contributed by atoms with Crippen LogP contribution in [0.2, 0.25) is 0 Å². The molecule has 1 amide bonds. The second kappa shape index (κ2) is 6.58. The fraction of sp³-hybridized carbons (Fsp3) is 0.588. The van der Waals surface area contributed by atoms with Gasteiger partial charge in [0, 0.05) is 25.0 Å². The van der Waals surface area contributed by atoms with Gasteiger partial charge in [-0.05, 0) is 37.3 Å². The van der Waals surface area contributed by atoms with Crippen LogP contribution in [0, 0.1) is 5.92 Å². The van der Waals surface area contributed by atoms with Gasteiger partial charge in [0.1, 0.15) is 0 Å². The van der Waals surface area contributed by atoms with Gasteiger partial charge in [-0.3, -0.25) is 4.79 Å². The third-order valence-electron chi connectivity index (χ3n) is 4.62. The highest BCUT2D eigenvalue weighted by molar-refractivity contribution is 5.83. The van der Waals surface area contributed by atoms with Gasteiger partial charge in [0.15, 0.2) is 0 Å². The zero-order valence-electron chi connectivity index (χ0n) is 12.4. The summed E-state index contributed by atoms with van der Waals surface area (Å²) in [6.07, 6.45) is 3.26. The van der Waals surface area contributed by atoms with Gasteiger partial charge in [0.2, 0.25) is 5.91 Å². The Balaban J connectivity index is 1.59. The Morgan fingerprint density at radius 3 is 2.81 bits per heavy atom. The van der Waals surface area contributed by atoms with Crippen LogP contribution in [0.1, 0.15) is 30.7 Å². The molecule has 1 aliphatic carbocycles. The van der Waals surface area contributed by atoms with Crippen LogP contribution in [0.25, 0.3) is 0 Å². The van der Waals surface area contributed by atoms with Crippen molar-refractivity contribution in [1.29, 1.82) is 0 Å². The number of aliphatic hydroxyl groups is 1. The smallest absolute Gasteiger partial charge is 0.226 e. The van der Waals surface area contributed by atoms with Crippen LogP contribution in [0.15, 0.2) is 30.3 Å². The molecule has 4 heteroatoms. The van der Waals surface area contributed by atoms with Crippen molar-refractivity contribution in [3.8, 4) is 0 Å². The van der Waals surface area contributed by atoms with E-state index >= 15 is 0 Å². The van der Waals surface area contributed by atoms with E-state index in [1.807, 2.05) is 23.1 Å². The molecule has 0 bridgehead atoms. The summed E-state index contributed by atoms with van der Waals surface area (Å²) in [6.45, 7) is 2.27. The zero-order valence-corrected chi connectivity index (χ0v) is 12.4. The van der Waals surface area contributed by atoms with Crippen molar-refractivity contribution in [3.63, 3.8) is 0 Å². The number of aliphatic hydroxyl groups excluding tert-OH is 1. The molecule has 3 atom stereocenters. The van der Waals surface area contributed by atoms with Crippen molar-refractivity contribution in [1.82, 2.24) is 10.2 Å². The lowest BCUT2D eigenvalue weighted by Gasteiger charge is -2.25. The summed E-state index contributed by atoms with van der Waals surface area (Å²) in [5.41, 5.74) is 1.26. The van der Waals surface area contributed by atoms with Gasteiger partial charge in [-0.15, -0.1) is 0 Å². The average Bonchev–Trinajstić information content (AvgIpc) is 3.16. The second-order valence-electron chi connectivity index (χ2n) is 6.16. The largest absolute Gasteiger partial charge is 0.395 e.